The Hall–Kier alpha value is -2.80. The highest BCUT2D eigenvalue weighted by atomic mass is 32.2. The maximum absolute atomic E-state index is 12.1. The number of carbonyl (C=O) groups excluding carboxylic acids is 2. The first kappa shape index (κ1) is 18.0. The van der Waals surface area contributed by atoms with E-state index in [1.807, 2.05) is 30.3 Å². The van der Waals surface area contributed by atoms with Crippen molar-refractivity contribution in [3.8, 4) is 5.75 Å². The van der Waals surface area contributed by atoms with E-state index >= 15 is 0 Å². The van der Waals surface area contributed by atoms with Gasteiger partial charge >= 0.3 is 0 Å². The molecular formula is C19H19N3O3S. The van der Waals surface area contributed by atoms with E-state index < -0.39 is 0 Å². The first-order valence-corrected chi connectivity index (χ1v) is 9.22. The van der Waals surface area contributed by atoms with Crippen LogP contribution in [0.25, 0.3) is 11.0 Å². The Morgan fingerprint density at radius 3 is 2.77 bits per heavy atom. The second-order valence-electron chi connectivity index (χ2n) is 5.73. The molecule has 0 aliphatic carbocycles. The van der Waals surface area contributed by atoms with Gasteiger partial charge in [-0.3, -0.25) is 14.9 Å². The number of para-hydroxylation sites is 2. The Morgan fingerprint density at radius 2 is 2.04 bits per heavy atom. The number of carbonyl (C=O) groups is 2. The highest BCUT2D eigenvalue weighted by molar-refractivity contribution is 7.99. The van der Waals surface area contributed by atoms with E-state index in [1.54, 1.807) is 19.2 Å². The average Bonchev–Trinajstić information content (AvgIpc) is 3.03. The van der Waals surface area contributed by atoms with Crippen LogP contribution in [0, 0.1) is 0 Å². The minimum Gasteiger partial charge on any atom is -0.496 e. The fourth-order valence-electron chi connectivity index (χ4n) is 2.54. The molecule has 0 atom stereocenters. The smallest absolute Gasteiger partial charge is 0.236 e. The van der Waals surface area contributed by atoms with Gasteiger partial charge in [0.15, 0.2) is 5.78 Å². The van der Waals surface area contributed by atoms with Gasteiger partial charge in [0, 0.05) is 16.9 Å². The Bertz CT molecular complexity index is 919. The van der Waals surface area contributed by atoms with Crippen LogP contribution in [0.5, 0.6) is 5.75 Å². The zero-order valence-electron chi connectivity index (χ0n) is 14.5. The Labute approximate surface area is 155 Å². The number of nitrogens with zero attached hydrogens (tertiary/aromatic N) is 1. The molecule has 0 saturated heterocycles. The summed E-state index contributed by atoms with van der Waals surface area (Å²) in [6, 6.07) is 12.9. The normalized spacial score (nSPS) is 10.7. The summed E-state index contributed by atoms with van der Waals surface area (Å²) in [7, 11) is 1.59. The molecule has 26 heavy (non-hydrogen) atoms. The van der Waals surface area contributed by atoms with E-state index in [2.05, 4.69) is 15.3 Å². The predicted octanol–water partition coefficient (Wildman–Crippen LogP) is 3.65. The van der Waals surface area contributed by atoms with Crippen LogP contribution in [0.2, 0.25) is 0 Å². The third kappa shape index (κ3) is 4.23. The summed E-state index contributed by atoms with van der Waals surface area (Å²) in [6.07, 6.45) is 0. The molecular weight excluding hydrogens is 350 g/mol. The van der Waals surface area contributed by atoms with E-state index in [0.717, 1.165) is 16.6 Å². The Morgan fingerprint density at radius 1 is 1.23 bits per heavy atom. The lowest BCUT2D eigenvalue weighted by molar-refractivity contribution is -0.113. The molecule has 0 aliphatic rings. The van der Waals surface area contributed by atoms with Crippen LogP contribution in [-0.4, -0.2) is 34.5 Å². The number of anilines is 1. The molecule has 0 fully saturated rings. The minimum atomic E-state index is -0.143. The predicted molar refractivity (Wildman–Crippen MR) is 104 cm³/mol. The van der Waals surface area contributed by atoms with Gasteiger partial charge in [-0.1, -0.05) is 12.1 Å². The number of aromatic nitrogens is 2. The molecule has 0 bridgehead atoms. The molecule has 0 spiro atoms. The molecule has 2 aromatic carbocycles. The second kappa shape index (κ2) is 8.05. The maximum atomic E-state index is 12.1. The first-order chi connectivity index (χ1) is 12.6. The van der Waals surface area contributed by atoms with E-state index in [9.17, 15) is 9.59 Å². The van der Waals surface area contributed by atoms with Gasteiger partial charge in [-0.25, -0.2) is 4.98 Å². The summed E-state index contributed by atoms with van der Waals surface area (Å²) in [5, 5.41) is 2.76. The fraction of sp³-hybridized carbons (Fsp3) is 0.211. The van der Waals surface area contributed by atoms with E-state index in [-0.39, 0.29) is 17.4 Å². The highest BCUT2D eigenvalue weighted by Crippen LogP contribution is 2.25. The molecule has 1 heterocycles. The number of ether oxygens (including phenoxy) is 1. The number of nitrogens with one attached hydrogen (secondary N) is 2. The zero-order chi connectivity index (χ0) is 18.5. The Kier molecular flexibility index (Phi) is 5.58. The SMILES string of the molecule is COc1ccc(C(C)=O)cc1CSCC(=O)Nc1nc2ccccc2[nH]1. The lowest BCUT2D eigenvalue weighted by atomic mass is 10.1. The van der Waals surface area contributed by atoms with Gasteiger partial charge in [0.1, 0.15) is 5.75 Å². The van der Waals surface area contributed by atoms with Gasteiger partial charge in [0.05, 0.1) is 23.9 Å². The summed E-state index contributed by atoms with van der Waals surface area (Å²) >= 11 is 1.45. The third-order valence-corrected chi connectivity index (χ3v) is 4.81. The lowest BCUT2D eigenvalue weighted by Gasteiger charge is -2.09. The maximum Gasteiger partial charge on any atom is 0.236 e. The van der Waals surface area contributed by atoms with Gasteiger partial charge in [-0.05, 0) is 37.3 Å². The molecule has 3 aromatic rings. The van der Waals surface area contributed by atoms with Crippen molar-refractivity contribution in [2.75, 3.05) is 18.2 Å². The van der Waals surface area contributed by atoms with Gasteiger partial charge in [0.25, 0.3) is 0 Å². The number of benzene rings is 2. The molecule has 1 aromatic heterocycles. The minimum absolute atomic E-state index is 0.00142. The average molecular weight is 369 g/mol. The van der Waals surface area contributed by atoms with Crippen LogP contribution < -0.4 is 10.1 Å². The summed E-state index contributed by atoms with van der Waals surface area (Å²) < 4.78 is 5.33. The molecule has 0 unspecified atom stereocenters. The number of H-pyrrole nitrogens is 1. The van der Waals surface area contributed by atoms with Crippen molar-refractivity contribution in [3.05, 3.63) is 53.6 Å². The number of hydrogen-bond donors (Lipinski definition) is 2. The number of methoxy groups -OCH3 is 1. The molecule has 7 heteroatoms. The quantitative estimate of drug-likeness (QED) is 0.621. The number of fused-ring (bicyclic) bond motifs is 1. The number of thioether (sulfide) groups is 1. The summed E-state index contributed by atoms with van der Waals surface area (Å²) in [6.45, 7) is 1.53. The van der Waals surface area contributed by atoms with Crippen molar-refractivity contribution < 1.29 is 14.3 Å². The number of ketones is 1. The van der Waals surface area contributed by atoms with Crippen molar-refractivity contribution in [2.45, 2.75) is 12.7 Å². The fourth-order valence-corrected chi connectivity index (χ4v) is 3.35. The molecule has 3 rings (SSSR count). The van der Waals surface area contributed by atoms with Gasteiger partial charge in [0.2, 0.25) is 11.9 Å². The summed E-state index contributed by atoms with van der Waals surface area (Å²) in [5.41, 5.74) is 3.21. The van der Waals surface area contributed by atoms with Crippen molar-refractivity contribution in [3.63, 3.8) is 0 Å². The van der Waals surface area contributed by atoms with Crippen molar-refractivity contribution in [1.82, 2.24) is 9.97 Å². The molecule has 0 aliphatic heterocycles. The van der Waals surface area contributed by atoms with Crippen molar-refractivity contribution in [1.29, 1.82) is 0 Å². The lowest BCUT2D eigenvalue weighted by Crippen LogP contribution is -2.15. The van der Waals surface area contributed by atoms with E-state index in [4.69, 9.17) is 4.74 Å². The number of aromatic amines is 1. The van der Waals surface area contributed by atoms with E-state index in [0.29, 0.717) is 23.0 Å². The third-order valence-electron chi connectivity index (χ3n) is 3.82. The highest BCUT2D eigenvalue weighted by Gasteiger charge is 2.10. The van der Waals surface area contributed by atoms with Crippen LogP contribution in [0.4, 0.5) is 5.95 Å². The monoisotopic (exact) mass is 369 g/mol. The van der Waals surface area contributed by atoms with Crippen molar-refractivity contribution >= 4 is 40.4 Å². The van der Waals surface area contributed by atoms with Crippen LogP contribution in [0.15, 0.2) is 42.5 Å². The number of rotatable bonds is 7. The number of amides is 1. The second-order valence-corrected chi connectivity index (χ2v) is 6.71. The largest absolute Gasteiger partial charge is 0.496 e. The Balaban J connectivity index is 1.58. The molecule has 2 N–H and O–H groups in total. The van der Waals surface area contributed by atoms with Crippen LogP contribution >= 0.6 is 11.8 Å². The van der Waals surface area contributed by atoms with Crippen molar-refractivity contribution in [2.24, 2.45) is 0 Å². The molecule has 0 saturated carbocycles. The van der Waals surface area contributed by atoms with Crippen LogP contribution in [-0.2, 0) is 10.5 Å². The molecule has 134 valence electrons. The molecule has 6 nitrogen and oxygen atoms in total. The number of hydrogen-bond acceptors (Lipinski definition) is 5. The van der Waals surface area contributed by atoms with Gasteiger partial charge in [-0.2, -0.15) is 0 Å². The molecule has 1 amide bonds. The standard InChI is InChI=1S/C19H19N3O3S/c1-12(23)13-7-8-17(25-2)14(9-13)10-26-11-18(24)22-19-20-15-5-3-4-6-16(15)21-19/h3-9H,10-11H2,1-2H3,(H2,20,21,22,24). The number of imidazole rings is 1. The zero-order valence-corrected chi connectivity index (χ0v) is 15.4. The number of Topliss-reactive ketones (excluding diaryl/α,β-unsaturated/α-hetero) is 1. The van der Waals surface area contributed by atoms with Crippen LogP contribution in [0.1, 0.15) is 22.8 Å². The van der Waals surface area contributed by atoms with Crippen LogP contribution in [0.3, 0.4) is 0 Å². The topological polar surface area (TPSA) is 84.1 Å². The molecule has 0 radical (unpaired) electrons. The van der Waals surface area contributed by atoms with Gasteiger partial charge < -0.3 is 9.72 Å². The summed E-state index contributed by atoms with van der Waals surface area (Å²) in [4.78, 5) is 31.1. The summed E-state index contributed by atoms with van der Waals surface area (Å²) in [5.74, 6) is 1.84. The van der Waals surface area contributed by atoms with Gasteiger partial charge in [-0.15, -0.1) is 11.8 Å². The first-order valence-electron chi connectivity index (χ1n) is 8.07. The van der Waals surface area contributed by atoms with E-state index in [1.165, 1.54) is 18.7 Å².